The van der Waals surface area contributed by atoms with Crippen LogP contribution in [0, 0.1) is 18.3 Å². The molecule has 1 aliphatic heterocycles. The molecule has 0 radical (unpaired) electrons. The number of carbonyl (C=O) groups is 2. The number of nitrogens with zero attached hydrogens (tertiary/aromatic N) is 3. The van der Waals surface area contributed by atoms with Gasteiger partial charge in [-0.15, -0.1) is 11.3 Å². The molecule has 10 heteroatoms. The number of rotatable bonds is 6. The Bertz CT molecular complexity index is 1470. The third-order valence-corrected chi connectivity index (χ3v) is 7.88. The standard InChI is InChI=1S/C25H19N3O4S3/c1-14-18(12-26)22(30)28(15(2)16-7-4-3-5-8-16)24(32)21(14)19(29)13-27-23(31)20(35-25(27)33)11-17-9-6-10-34-17/h3-11,15,32H,13H2,1-2H3/b20-11-. The molecule has 176 valence electrons. The third kappa shape index (κ3) is 4.58. The van der Waals surface area contributed by atoms with E-state index < -0.39 is 35.7 Å². The minimum Gasteiger partial charge on any atom is -0.494 e. The molecule has 1 aliphatic rings. The predicted octanol–water partition coefficient (Wildman–Crippen LogP) is 4.49. The summed E-state index contributed by atoms with van der Waals surface area (Å²) < 4.78 is 1.25. The Balaban J connectivity index is 1.72. The molecule has 35 heavy (non-hydrogen) atoms. The molecule has 1 fully saturated rings. The third-order valence-electron chi connectivity index (χ3n) is 5.69. The molecule has 1 amide bonds. The van der Waals surface area contributed by atoms with E-state index in [-0.39, 0.29) is 21.0 Å². The summed E-state index contributed by atoms with van der Waals surface area (Å²) in [5, 5.41) is 22.6. The van der Waals surface area contributed by atoms with E-state index in [1.54, 1.807) is 37.3 Å². The van der Waals surface area contributed by atoms with Gasteiger partial charge in [-0.05, 0) is 42.5 Å². The van der Waals surface area contributed by atoms with Crippen LogP contribution in [0.4, 0.5) is 0 Å². The minimum atomic E-state index is -0.695. The molecule has 2 aromatic heterocycles. The SMILES string of the molecule is Cc1c(C(=O)CN2C(=O)/C(=C/c3cccs3)SC2=S)c(O)n(C(C)c2ccccc2)c(=O)c1C#N. The quantitative estimate of drug-likeness (QED) is 0.290. The number of aromatic nitrogens is 1. The molecule has 1 N–H and O–H groups in total. The number of aromatic hydroxyl groups is 1. The van der Waals surface area contributed by atoms with Gasteiger partial charge < -0.3 is 5.11 Å². The maximum atomic E-state index is 13.4. The maximum Gasteiger partial charge on any atom is 0.272 e. The minimum absolute atomic E-state index is 0.0658. The van der Waals surface area contributed by atoms with Gasteiger partial charge in [0, 0.05) is 4.88 Å². The van der Waals surface area contributed by atoms with E-state index >= 15 is 0 Å². The van der Waals surface area contributed by atoms with Crippen molar-refractivity contribution in [2.24, 2.45) is 0 Å². The molecule has 0 bridgehead atoms. The van der Waals surface area contributed by atoms with Crippen molar-refractivity contribution in [3.05, 3.63) is 90.2 Å². The molecular formula is C25H19N3O4S3. The average molecular weight is 522 g/mol. The van der Waals surface area contributed by atoms with E-state index in [0.29, 0.717) is 10.5 Å². The van der Waals surface area contributed by atoms with Gasteiger partial charge >= 0.3 is 0 Å². The first-order chi connectivity index (χ1) is 16.7. The summed E-state index contributed by atoms with van der Waals surface area (Å²) in [4.78, 5) is 41.8. The van der Waals surface area contributed by atoms with Crippen molar-refractivity contribution < 1.29 is 14.7 Å². The van der Waals surface area contributed by atoms with Crippen LogP contribution in [0.25, 0.3) is 6.08 Å². The molecule has 7 nitrogen and oxygen atoms in total. The molecule has 0 spiro atoms. The largest absolute Gasteiger partial charge is 0.494 e. The number of thiophene rings is 1. The van der Waals surface area contributed by atoms with Crippen LogP contribution in [0.5, 0.6) is 5.88 Å². The summed E-state index contributed by atoms with van der Waals surface area (Å²) in [6, 6.07) is 13.9. The zero-order valence-corrected chi connectivity index (χ0v) is 21.2. The average Bonchev–Trinajstić information content (AvgIpc) is 3.44. The molecule has 3 aromatic rings. The van der Waals surface area contributed by atoms with Gasteiger partial charge in [0.2, 0.25) is 5.88 Å². The molecular weight excluding hydrogens is 502 g/mol. The highest BCUT2D eigenvalue weighted by Gasteiger charge is 2.35. The Morgan fingerprint density at radius 3 is 2.57 bits per heavy atom. The lowest BCUT2D eigenvalue weighted by molar-refractivity contribution is -0.121. The molecule has 1 saturated heterocycles. The zero-order chi connectivity index (χ0) is 25.3. The van der Waals surface area contributed by atoms with Crippen LogP contribution in [0.2, 0.25) is 0 Å². The Hall–Kier alpha value is -3.52. The van der Waals surface area contributed by atoms with Crippen LogP contribution in [-0.2, 0) is 4.79 Å². The van der Waals surface area contributed by atoms with Gasteiger partial charge in [-0.25, -0.2) is 0 Å². The van der Waals surface area contributed by atoms with Crippen molar-refractivity contribution in [1.29, 1.82) is 5.26 Å². The Labute approximate surface area is 214 Å². The van der Waals surface area contributed by atoms with E-state index in [0.717, 1.165) is 21.2 Å². The summed E-state index contributed by atoms with van der Waals surface area (Å²) in [6.45, 7) is 2.70. The lowest BCUT2D eigenvalue weighted by Gasteiger charge is -2.22. The molecule has 4 rings (SSSR count). The van der Waals surface area contributed by atoms with Gasteiger partial charge in [-0.3, -0.25) is 23.9 Å². The number of hydrogen-bond acceptors (Lipinski definition) is 8. The second-order valence-electron chi connectivity index (χ2n) is 7.78. The lowest BCUT2D eigenvalue weighted by atomic mass is 9.99. The number of amides is 1. The van der Waals surface area contributed by atoms with E-state index in [1.165, 1.54) is 23.2 Å². The normalized spacial score (nSPS) is 15.5. The highest BCUT2D eigenvalue weighted by molar-refractivity contribution is 8.26. The second kappa shape index (κ2) is 10.00. The number of thiocarbonyl (C=S) groups is 1. The number of carbonyl (C=O) groups excluding carboxylic acids is 2. The number of pyridine rings is 1. The second-order valence-corrected chi connectivity index (χ2v) is 10.4. The number of ketones is 1. The van der Waals surface area contributed by atoms with Crippen molar-refractivity contribution in [3.63, 3.8) is 0 Å². The number of nitriles is 1. The van der Waals surface area contributed by atoms with Crippen LogP contribution < -0.4 is 5.56 Å². The van der Waals surface area contributed by atoms with Crippen LogP contribution in [0.1, 0.15) is 44.9 Å². The maximum absolute atomic E-state index is 13.4. The number of hydrogen-bond donors (Lipinski definition) is 1. The van der Waals surface area contributed by atoms with Crippen LogP contribution >= 0.6 is 35.3 Å². The molecule has 1 unspecified atom stereocenters. The fourth-order valence-corrected chi connectivity index (χ4v) is 5.84. The molecule has 1 atom stereocenters. The first kappa shape index (κ1) is 24.6. The Morgan fingerprint density at radius 2 is 1.94 bits per heavy atom. The van der Waals surface area contributed by atoms with Crippen molar-refractivity contribution >= 4 is 57.4 Å². The monoisotopic (exact) mass is 521 g/mol. The van der Waals surface area contributed by atoms with Crippen molar-refractivity contribution in [2.45, 2.75) is 19.9 Å². The summed E-state index contributed by atoms with van der Waals surface area (Å²) in [7, 11) is 0. The summed E-state index contributed by atoms with van der Waals surface area (Å²) in [5.41, 5.74) is -0.334. The van der Waals surface area contributed by atoms with Crippen molar-refractivity contribution in [2.75, 3.05) is 6.54 Å². The van der Waals surface area contributed by atoms with Crippen molar-refractivity contribution in [3.8, 4) is 11.9 Å². The summed E-state index contributed by atoms with van der Waals surface area (Å²) in [5.74, 6) is -1.59. The molecule has 0 aliphatic carbocycles. The first-order valence-electron chi connectivity index (χ1n) is 10.5. The first-order valence-corrected chi connectivity index (χ1v) is 12.6. The Kier molecular flexibility index (Phi) is 7.03. The Morgan fingerprint density at radius 1 is 1.23 bits per heavy atom. The fourth-order valence-electron chi connectivity index (χ4n) is 3.86. The number of benzene rings is 1. The van der Waals surface area contributed by atoms with Gasteiger partial charge in [0.25, 0.3) is 11.5 Å². The van der Waals surface area contributed by atoms with Gasteiger partial charge in [0.05, 0.1) is 23.1 Å². The van der Waals surface area contributed by atoms with Gasteiger partial charge in [0.15, 0.2) is 5.78 Å². The molecule has 0 saturated carbocycles. The van der Waals surface area contributed by atoms with Crippen LogP contribution in [0.15, 0.2) is 57.5 Å². The lowest BCUT2D eigenvalue weighted by Crippen LogP contribution is -2.35. The van der Waals surface area contributed by atoms with Crippen LogP contribution in [-0.4, -0.2) is 37.1 Å². The summed E-state index contributed by atoms with van der Waals surface area (Å²) >= 11 is 7.90. The predicted molar refractivity (Wildman–Crippen MR) is 141 cm³/mol. The van der Waals surface area contributed by atoms with E-state index in [4.69, 9.17) is 12.2 Å². The summed E-state index contributed by atoms with van der Waals surface area (Å²) in [6.07, 6.45) is 1.71. The highest BCUT2D eigenvalue weighted by Crippen LogP contribution is 2.34. The van der Waals surface area contributed by atoms with Crippen LogP contribution in [0.3, 0.4) is 0 Å². The smallest absolute Gasteiger partial charge is 0.272 e. The van der Waals surface area contributed by atoms with Gasteiger partial charge in [-0.2, -0.15) is 5.26 Å². The van der Waals surface area contributed by atoms with Gasteiger partial charge in [-0.1, -0.05) is 60.4 Å². The number of thioether (sulfide) groups is 1. The molecule has 1 aromatic carbocycles. The molecule has 3 heterocycles. The van der Waals surface area contributed by atoms with Crippen molar-refractivity contribution in [1.82, 2.24) is 9.47 Å². The topological polar surface area (TPSA) is 103 Å². The number of Topliss-reactive ketones (excluding diaryl/α,β-unsaturated/α-hetero) is 1. The van der Waals surface area contributed by atoms with E-state index in [9.17, 15) is 24.8 Å². The zero-order valence-electron chi connectivity index (χ0n) is 18.7. The van der Waals surface area contributed by atoms with E-state index in [1.807, 2.05) is 29.6 Å². The fraction of sp³-hybridized carbons (Fsp3) is 0.160. The highest BCUT2D eigenvalue weighted by atomic mass is 32.2. The van der Waals surface area contributed by atoms with Gasteiger partial charge in [0.1, 0.15) is 16.0 Å². The van der Waals surface area contributed by atoms with E-state index in [2.05, 4.69) is 0 Å².